The Morgan fingerprint density at radius 1 is 1.00 bits per heavy atom. The fourth-order valence-corrected chi connectivity index (χ4v) is 3.53. The summed E-state index contributed by atoms with van der Waals surface area (Å²) < 4.78 is 10.8. The van der Waals surface area contributed by atoms with E-state index in [0.29, 0.717) is 17.4 Å². The summed E-state index contributed by atoms with van der Waals surface area (Å²) >= 11 is 6.04. The monoisotopic (exact) mass is 446 g/mol. The van der Waals surface area contributed by atoms with E-state index < -0.39 is 0 Å². The molecule has 3 aromatic carbocycles. The van der Waals surface area contributed by atoms with E-state index in [2.05, 4.69) is 10.5 Å². The molecule has 1 heterocycles. The second kappa shape index (κ2) is 10.2. The molecule has 1 amide bonds. The fourth-order valence-electron chi connectivity index (χ4n) is 3.40. The van der Waals surface area contributed by atoms with Gasteiger partial charge in [-0.1, -0.05) is 71.4 Å². The lowest BCUT2D eigenvalue weighted by atomic mass is 9.98. The van der Waals surface area contributed by atoms with E-state index in [1.165, 1.54) is 0 Å². The van der Waals surface area contributed by atoms with Crippen LogP contribution >= 0.6 is 11.6 Å². The molecule has 1 aromatic heterocycles. The van der Waals surface area contributed by atoms with E-state index in [-0.39, 0.29) is 18.4 Å². The van der Waals surface area contributed by atoms with Gasteiger partial charge in [-0.25, -0.2) is 0 Å². The SMILES string of the molecule is Cc1cc(COc2ccc(CC(=O)NC(c3ccccc3)c3ccc(Cl)cc3)cc2)no1. The predicted octanol–water partition coefficient (Wildman–Crippen LogP) is 5.66. The van der Waals surface area contributed by atoms with Gasteiger partial charge in [0, 0.05) is 11.1 Å². The van der Waals surface area contributed by atoms with Crippen LogP contribution in [0.15, 0.2) is 89.5 Å². The lowest BCUT2D eigenvalue weighted by molar-refractivity contribution is -0.120. The first-order valence-corrected chi connectivity index (χ1v) is 10.7. The van der Waals surface area contributed by atoms with Gasteiger partial charge in [0.2, 0.25) is 5.91 Å². The highest BCUT2D eigenvalue weighted by Gasteiger charge is 2.17. The van der Waals surface area contributed by atoms with E-state index in [9.17, 15) is 4.79 Å². The van der Waals surface area contributed by atoms with Crippen LogP contribution in [0.3, 0.4) is 0 Å². The molecular formula is C26H23ClN2O3. The molecule has 0 radical (unpaired) electrons. The zero-order chi connectivity index (χ0) is 22.3. The first-order chi connectivity index (χ1) is 15.6. The van der Waals surface area contributed by atoms with Crippen LogP contribution in [0.5, 0.6) is 5.75 Å². The molecule has 162 valence electrons. The zero-order valence-corrected chi connectivity index (χ0v) is 18.4. The summed E-state index contributed by atoms with van der Waals surface area (Å²) in [7, 11) is 0. The third-order valence-electron chi connectivity index (χ3n) is 4.99. The molecule has 1 N–H and O–H groups in total. The number of hydrogen-bond acceptors (Lipinski definition) is 4. The summed E-state index contributed by atoms with van der Waals surface area (Å²) in [6.07, 6.45) is 0.264. The van der Waals surface area contributed by atoms with Crippen LogP contribution in [-0.4, -0.2) is 11.1 Å². The summed E-state index contributed by atoms with van der Waals surface area (Å²) in [5.41, 5.74) is 3.62. The number of aromatic nitrogens is 1. The Labute approximate surface area is 192 Å². The Balaban J connectivity index is 1.40. The van der Waals surface area contributed by atoms with Crippen LogP contribution in [0.4, 0.5) is 0 Å². The van der Waals surface area contributed by atoms with Gasteiger partial charge in [0.1, 0.15) is 23.8 Å². The number of aryl methyl sites for hydroxylation is 1. The molecule has 0 saturated carbocycles. The van der Waals surface area contributed by atoms with Crippen molar-refractivity contribution in [1.29, 1.82) is 0 Å². The second-order valence-electron chi connectivity index (χ2n) is 7.50. The first kappa shape index (κ1) is 21.7. The molecule has 4 rings (SSSR count). The van der Waals surface area contributed by atoms with Crippen LogP contribution in [0.25, 0.3) is 0 Å². The van der Waals surface area contributed by atoms with Crippen molar-refractivity contribution in [1.82, 2.24) is 10.5 Å². The highest BCUT2D eigenvalue weighted by atomic mass is 35.5. The average Bonchev–Trinajstić information content (AvgIpc) is 3.23. The molecular weight excluding hydrogens is 424 g/mol. The zero-order valence-electron chi connectivity index (χ0n) is 17.6. The van der Waals surface area contributed by atoms with Crippen LogP contribution < -0.4 is 10.1 Å². The lowest BCUT2D eigenvalue weighted by Crippen LogP contribution is -2.30. The largest absolute Gasteiger partial charge is 0.487 e. The summed E-state index contributed by atoms with van der Waals surface area (Å²) in [5.74, 6) is 1.39. The molecule has 0 aliphatic carbocycles. The number of hydrogen-bond donors (Lipinski definition) is 1. The summed E-state index contributed by atoms with van der Waals surface area (Å²) in [6, 6.07) is 26.5. The van der Waals surface area contributed by atoms with E-state index in [1.54, 1.807) is 0 Å². The van der Waals surface area contributed by atoms with Crippen molar-refractivity contribution in [2.75, 3.05) is 0 Å². The van der Waals surface area contributed by atoms with Gasteiger partial charge < -0.3 is 14.6 Å². The van der Waals surface area contributed by atoms with Gasteiger partial charge >= 0.3 is 0 Å². The van der Waals surface area contributed by atoms with Gasteiger partial charge in [-0.3, -0.25) is 4.79 Å². The molecule has 0 aliphatic rings. The highest BCUT2D eigenvalue weighted by Crippen LogP contribution is 2.24. The van der Waals surface area contributed by atoms with Crippen molar-refractivity contribution in [3.8, 4) is 5.75 Å². The number of benzene rings is 3. The Bertz CT molecular complexity index is 1160. The number of carbonyl (C=O) groups excluding carboxylic acids is 1. The Morgan fingerprint density at radius 2 is 1.69 bits per heavy atom. The molecule has 0 fully saturated rings. The maximum atomic E-state index is 12.8. The minimum atomic E-state index is -0.255. The number of halogens is 1. The number of nitrogens with one attached hydrogen (secondary N) is 1. The third-order valence-corrected chi connectivity index (χ3v) is 5.25. The molecule has 4 aromatic rings. The average molecular weight is 447 g/mol. The Hall–Kier alpha value is -3.57. The van der Waals surface area contributed by atoms with Crippen molar-refractivity contribution in [3.63, 3.8) is 0 Å². The van der Waals surface area contributed by atoms with Crippen LogP contribution in [0.1, 0.15) is 34.2 Å². The quantitative estimate of drug-likeness (QED) is 0.379. The number of amides is 1. The number of ether oxygens (including phenoxy) is 1. The fraction of sp³-hybridized carbons (Fsp3) is 0.154. The van der Waals surface area contributed by atoms with Crippen molar-refractivity contribution in [3.05, 3.63) is 118 Å². The van der Waals surface area contributed by atoms with E-state index in [0.717, 1.165) is 28.1 Å². The summed E-state index contributed by atoms with van der Waals surface area (Å²) in [5, 5.41) is 7.72. The second-order valence-corrected chi connectivity index (χ2v) is 7.94. The standard InChI is InChI=1S/C26H23ClN2O3/c1-18-15-23(29-32-18)17-31-24-13-7-19(8-14-24)16-25(30)28-26(20-5-3-2-4-6-20)21-9-11-22(27)12-10-21/h2-15,26H,16-17H2,1H3,(H,28,30). The van der Waals surface area contributed by atoms with Crippen LogP contribution in [0, 0.1) is 6.92 Å². The van der Waals surface area contributed by atoms with Gasteiger partial charge in [-0.15, -0.1) is 0 Å². The van der Waals surface area contributed by atoms with Gasteiger partial charge in [-0.05, 0) is 47.9 Å². The molecule has 0 spiro atoms. The number of rotatable bonds is 8. The van der Waals surface area contributed by atoms with Crippen molar-refractivity contribution in [2.45, 2.75) is 26.0 Å². The maximum absolute atomic E-state index is 12.8. The van der Waals surface area contributed by atoms with Gasteiger partial charge in [0.25, 0.3) is 0 Å². The predicted molar refractivity (Wildman–Crippen MR) is 124 cm³/mol. The van der Waals surface area contributed by atoms with E-state index >= 15 is 0 Å². The summed E-state index contributed by atoms with van der Waals surface area (Å²) in [4.78, 5) is 12.8. The lowest BCUT2D eigenvalue weighted by Gasteiger charge is -2.20. The topological polar surface area (TPSA) is 64.4 Å². The molecule has 32 heavy (non-hydrogen) atoms. The molecule has 0 bridgehead atoms. The summed E-state index contributed by atoms with van der Waals surface area (Å²) in [6.45, 7) is 2.17. The van der Waals surface area contributed by atoms with Crippen LogP contribution in [0.2, 0.25) is 5.02 Å². The maximum Gasteiger partial charge on any atom is 0.225 e. The smallest absolute Gasteiger partial charge is 0.225 e. The van der Waals surface area contributed by atoms with Gasteiger partial charge in [-0.2, -0.15) is 0 Å². The van der Waals surface area contributed by atoms with Crippen LogP contribution in [-0.2, 0) is 17.8 Å². The Morgan fingerprint density at radius 3 is 2.34 bits per heavy atom. The normalized spacial score (nSPS) is 11.7. The molecule has 0 saturated heterocycles. The minimum Gasteiger partial charge on any atom is -0.487 e. The first-order valence-electron chi connectivity index (χ1n) is 10.3. The number of carbonyl (C=O) groups is 1. The molecule has 1 unspecified atom stereocenters. The third kappa shape index (κ3) is 5.77. The Kier molecular flexibility index (Phi) is 6.87. The molecule has 0 aliphatic heterocycles. The van der Waals surface area contributed by atoms with E-state index in [1.807, 2.05) is 91.9 Å². The van der Waals surface area contributed by atoms with Gasteiger partial charge in [0.05, 0.1) is 12.5 Å². The van der Waals surface area contributed by atoms with Crippen molar-refractivity contribution >= 4 is 17.5 Å². The molecule has 6 heteroatoms. The number of nitrogens with zero attached hydrogens (tertiary/aromatic N) is 1. The molecule has 1 atom stereocenters. The van der Waals surface area contributed by atoms with Crippen molar-refractivity contribution < 1.29 is 14.1 Å². The minimum absolute atomic E-state index is 0.0689. The van der Waals surface area contributed by atoms with Crippen molar-refractivity contribution in [2.24, 2.45) is 0 Å². The van der Waals surface area contributed by atoms with E-state index in [4.69, 9.17) is 20.9 Å². The van der Waals surface area contributed by atoms with Gasteiger partial charge in [0.15, 0.2) is 0 Å². The molecule has 5 nitrogen and oxygen atoms in total. The highest BCUT2D eigenvalue weighted by molar-refractivity contribution is 6.30.